The second-order valence-electron chi connectivity index (χ2n) is 8.98. The molecule has 2 saturated heterocycles. The van der Waals surface area contributed by atoms with E-state index in [4.69, 9.17) is 4.74 Å². The lowest BCUT2D eigenvalue weighted by atomic mass is 10.1. The predicted octanol–water partition coefficient (Wildman–Crippen LogP) is 5.04. The molecule has 3 aromatic carbocycles. The van der Waals surface area contributed by atoms with Gasteiger partial charge in [0.05, 0.1) is 30.5 Å². The van der Waals surface area contributed by atoms with E-state index in [1.54, 1.807) is 12.1 Å². The number of benzene rings is 3. The number of hydrogen-bond acceptors (Lipinski definition) is 4. The molecule has 2 amide bonds. The number of likely N-dealkylation sites (tertiary alicyclic amines) is 1. The summed E-state index contributed by atoms with van der Waals surface area (Å²) in [4.78, 5) is 27.3. The topological polar surface area (TPSA) is 70.7 Å². The van der Waals surface area contributed by atoms with Gasteiger partial charge in [0.2, 0.25) is 5.91 Å². The smallest absolute Gasteiger partial charge is 0.375 e. The van der Waals surface area contributed by atoms with E-state index in [0.717, 1.165) is 35.7 Å². The molecule has 2 aliphatic rings. The molecule has 9 heteroatoms. The Morgan fingerprint density at radius 1 is 0.944 bits per heavy atom. The predicted molar refractivity (Wildman–Crippen MR) is 130 cm³/mol. The molecule has 2 N–H and O–H groups in total. The molecule has 36 heavy (non-hydrogen) atoms. The molecule has 6 nitrogen and oxygen atoms in total. The van der Waals surface area contributed by atoms with Crippen LogP contribution in [-0.4, -0.2) is 48.6 Å². The fraction of sp³-hybridized carbons (Fsp3) is 0.259. The second kappa shape index (κ2) is 9.75. The van der Waals surface area contributed by atoms with Crippen molar-refractivity contribution in [2.45, 2.75) is 24.7 Å². The highest BCUT2D eigenvalue weighted by atomic mass is 19.4. The number of carbonyl (C=O) groups excluding carboxylic acids is 2. The highest BCUT2D eigenvalue weighted by Crippen LogP contribution is 2.36. The minimum atomic E-state index is -4.69. The van der Waals surface area contributed by atoms with Gasteiger partial charge in [-0.2, -0.15) is 13.2 Å². The molecule has 2 atom stereocenters. The number of anilines is 2. The Morgan fingerprint density at radius 3 is 2.31 bits per heavy atom. The second-order valence-corrected chi connectivity index (χ2v) is 8.98. The van der Waals surface area contributed by atoms with E-state index in [-0.39, 0.29) is 24.3 Å². The summed E-state index contributed by atoms with van der Waals surface area (Å²) in [5.74, 6) is -1.15. The van der Waals surface area contributed by atoms with Gasteiger partial charge in [-0.25, -0.2) is 0 Å². The van der Waals surface area contributed by atoms with E-state index < -0.39 is 29.2 Å². The van der Waals surface area contributed by atoms with E-state index in [1.807, 2.05) is 47.4 Å². The third kappa shape index (κ3) is 5.27. The molecule has 0 aliphatic carbocycles. The molecule has 0 spiro atoms. The normalized spacial score (nSPS) is 19.3. The first-order valence-electron chi connectivity index (χ1n) is 11.6. The van der Waals surface area contributed by atoms with Crippen LogP contribution in [-0.2, 0) is 15.7 Å². The van der Waals surface area contributed by atoms with E-state index in [9.17, 15) is 22.8 Å². The first-order chi connectivity index (χ1) is 17.3. The van der Waals surface area contributed by atoms with Crippen LogP contribution >= 0.6 is 0 Å². The molecule has 186 valence electrons. The van der Waals surface area contributed by atoms with Crippen molar-refractivity contribution in [3.05, 3.63) is 83.9 Å². The Balaban J connectivity index is 1.30. The number of alkyl halides is 3. The number of ether oxygens (including phenoxy) is 1. The van der Waals surface area contributed by atoms with Crippen LogP contribution in [0.1, 0.15) is 22.3 Å². The molecular weight excluding hydrogens is 471 g/mol. The van der Waals surface area contributed by atoms with Gasteiger partial charge in [-0.15, -0.1) is 0 Å². The van der Waals surface area contributed by atoms with Gasteiger partial charge in [0, 0.05) is 23.8 Å². The summed E-state index contributed by atoms with van der Waals surface area (Å²) in [6.07, 6.45) is -3.79. The molecule has 2 heterocycles. The maximum atomic E-state index is 13.6. The SMILES string of the molecule is O=C(CN1C[C@H]2C[C@@H]1CO2)Nc1cc(C(=O)Nc2ccc(-c3ccccc3)cc2)ccc1C(F)(F)F. The lowest BCUT2D eigenvalue weighted by Crippen LogP contribution is -2.42. The number of nitrogens with zero attached hydrogens (tertiary/aromatic N) is 1. The van der Waals surface area contributed by atoms with Gasteiger partial charge in [-0.3, -0.25) is 14.5 Å². The van der Waals surface area contributed by atoms with Crippen molar-refractivity contribution in [2.75, 3.05) is 30.3 Å². The monoisotopic (exact) mass is 495 g/mol. The van der Waals surface area contributed by atoms with Crippen LogP contribution in [0.3, 0.4) is 0 Å². The van der Waals surface area contributed by atoms with Crippen LogP contribution in [0.15, 0.2) is 72.8 Å². The maximum Gasteiger partial charge on any atom is 0.418 e. The maximum absolute atomic E-state index is 13.6. The number of fused-ring (bicyclic) bond motifs is 2. The molecule has 3 aromatic rings. The van der Waals surface area contributed by atoms with Crippen molar-refractivity contribution < 1.29 is 27.5 Å². The van der Waals surface area contributed by atoms with Gasteiger partial charge in [0.15, 0.2) is 0 Å². The molecule has 2 bridgehead atoms. The summed E-state index contributed by atoms with van der Waals surface area (Å²) in [5, 5.41) is 5.06. The van der Waals surface area contributed by atoms with Crippen molar-refractivity contribution >= 4 is 23.2 Å². The van der Waals surface area contributed by atoms with Crippen LogP contribution in [0.4, 0.5) is 24.5 Å². The minimum absolute atomic E-state index is 0.000865. The van der Waals surface area contributed by atoms with Gasteiger partial charge < -0.3 is 15.4 Å². The Labute approximate surface area is 206 Å². The fourth-order valence-corrected chi connectivity index (χ4v) is 4.66. The van der Waals surface area contributed by atoms with Gasteiger partial charge in [-0.05, 0) is 47.9 Å². The standard InChI is InChI=1S/C27H24F3N3O3/c28-27(29,30)23-11-8-19(12-24(23)32-25(34)15-33-14-22-13-21(33)16-36-22)26(35)31-20-9-6-18(7-10-20)17-4-2-1-3-5-17/h1-12,21-22H,13-16H2,(H,31,35)(H,32,34)/t21-,22-/m1/s1. The molecule has 5 rings (SSSR count). The number of nitrogens with one attached hydrogen (secondary N) is 2. The summed E-state index contributed by atoms with van der Waals surface area (Å²) in [6.45, 7) is 1.06. The lowest BCUT2D eigenvalue weighted by Gasteiger charge is -2.26. The van der Waals surface area contributed by atoms with Gasteiger partial charge in [-0.1, -0.05) is 42.5 Å². The van der Waals surface area contributed by atoms with Crippen LogP contribution in [0, 0.1) is 0 Å². The van der Waals surface area contributed by atoms with Gasteiger partial charge in [0.1, 0.15) is 0 Å². The van der Waals surface area contributed by atoms with Crippen LogP contribution in [0.5, 0.6) is 0 Å². The Morgan fingerprint density at radius 2 is 1.67 bits per heavy atom. The van der Waals surface area contributed by atoms with Crippen molar-refractivity contribution in [1.29, 1.82) is 0 Å². The summed E-state index contributed by atoms with van der Waals surface area (Å²) in [6, 6.07) is 19.9. The zero-order valence-corrected chi connectivity index (χ0v) is 19.2. The van der Waals surface area contributed by atoms with Gasteiger partial charge >= 0.3 is 6.18 Å². The number of rotatable bonds is 6. The van der Waals surface area contributed by atoms with Crippen molar-refractivity contribution in [3.63, 3.8) is 0 Å². The zero-order valence-electron chi connectivity index (χ0n) is 19.2. The number of hydrogen-bond donors (Lipinski definition) is 2. The third-order valence-corrected chi connectivity index (χ3v) is 6.47. The number of amides is 2. The zero-order chi connectivity index (χ0) is 25.3. The van der Waals surface area contributed by atoms with Crippen molar-refractivity contribution in [3.8, 4) is 11.1 Å². The molecule has 0 aromatic heterocycles. The van der Waals surface area contributed by atoms with Gasteiger partial charge in [0.25, 0.3) is 5.91 Å². The molecule has 2 aliphatic heterocycles. The average Bonchev–Trinajstić information content (AvgIpc) is 3.48. The first-order valence-corrected chi connectivity index (χ1v) is 11.6. The Hall–Kier alpha value is -3.69. The Bertz CT molecular complexity index is 1260. The van der Waals surface area contributed by atoms with Crippen LogP contribution in [0.25, 0.3) is 11.1 Å². The largest absolute Gasteiger partial charge is 0.418 e. The fourth-order valence-electron chi connectivity index (χ4n) is 4.66. The quantitative estimate of drug-likeness (QED) is 0.503. The van der Waals surface area contributed by atoms with Crippen molar-refractivity contribution in [2.24, 2.45) is 0 Å². The lowest BCUT2D eigenvalue weighted by molar-refractivity contribution is -0.137. The van der Waals surface area contributed by atoms with Crippen LogP contribution in [0.2, 0.25) is 0 Å². The number of halogens is 3. The Kier molecular flexibility index (Phi) is 6.51. The minimum Gasteiger partial charge on any atom is -0.375 e. The molecule has 0 radical (unpaired) electrons. The number of morpholine rings is 1. The first kappa shape index (κ1) is 24.0. The molecular formula is C27H24F3N3O3. The molecule has 0 saturated carbocycles. The summed E-state index contributed by atoms with van der Waals surface area (Å²) < 4.78 is 46.3. The van der Waals surface area contributed by atoms with E-state index >= 15 is 0 Å². The van der Waals surface area contributed by atoms with E-state index in [0.29, 0.717) is 18.8 Å². The summed E-state index contributed by atoms with van der Waals surface area (Å²) >= 11 is 0. The average molecular weight is 496 g/mol. The summed E-state index contributed by atoms with van der Waals surface area (Å²) in [7, 11) is 0. The van der Waals surface area contributed by atoms with E-state index in [1.165, 1.54) is 0 Å². The molecule has 0 unspecified atom stereocenters. The van der Waals surface area contributed by atoms with Crippen molar-refractivity contribution in [1.82, 2.24) is 4.90 Å². The highest BCUT2D eigenvalue weighted by Gasteiger charge is 2.40. The highest BCUT2D eigenvalue weighted by molar-refractivity contribution is 6.05. The van der Waals surface area contributed by atoms with Crippen LogP contribution < -0.4 is 10.6 Å². The molecule has 2 fully saturated rings. The summed E-state index contributed by atoms with van der Waals surface area (Å²) in [5.41, 5.74) is 1.03. The number of carbonyl (C=O) groups is 2. The third-order valence-electron chi connectivity index (χ3n) is 6.47. The van der Waals surface area contributed by atoms with E-state index in [2.05, 4.69) is 10.6 Å².